The van der Waals surface area contributed by atoms with Crippen molar-refractivity contribution in [3.05, 3.63) is 17.0 Å². The molecule has 0 amide bonds. The highest BCUT2D eigenvalue weighted by Crippen LogP contribution is 2.38. The van der Waals surface area contributed by atoms with E-state index >= 15 is 0 Å². The van der Waals surface area contributed by atoms with Crippen LogP contribution in [0.25, 0.3) is 0 Å². The molecule has 1 aliphatic carbocycles. The normalized spacial score (nSPS) is 18.2. The van der Waals surface area contributed by atoms with Crippen LogP contribution in [0.4, 0.5) is 13.2 Å². The Morgan fingerprint density at radius 2 is 1.94 bits per heavy atom. The Morgan fingerprint density at radius 3 is 2.44 bits per heavy atom. The third-order valence-electron chi connectivity index (χ3n) is 3.14. The molecule has 0 radical (unpaired) electrons. The molecule has 3 N–H and O–H groups in total. The Kier molecular flexibility index (Phi) is 2.92. The van der Waals surface area contributed by atoms with Crippen molar-refractivity contribution in [1.82, 2.24) is 10.2 Å². The zero-order valence-corrected chi connectivity index (χ0v) is 8.77. The first-order valence-corrected chi connectivity index (χ1v) is 5.38. The van der Waals surface area contributed by atoms with Gasteiger partial charge in [0, 0.05) is 23.7 Å². The molecule has 3 nitrogen and oxygen atoms in total. The highest BCUT2D eigenvalue weighted by Gasteiger charge is 2.38. The van der Waals surface area contributed by atoms with E-state index in [2.05, 4.69) is 10.2 Å². The minimum absolute atomic E-state index is 0.114. The lowest BCUT2D eigenvalue weighted by molar-refractivity contribution is -0.141. The molecule has 0 unspecified atom stereocenters. The predicted molar refractivity (Wildman–Crippen MR) is 52.7 cm³/mol. The minimum Gasteiger partial charge on any atom is -0.326 e. The van der Waals surface area contributed by atoms with Crippen LogP contribution in [0.3, 0.4) is 0 Å². The fourth-order valence-electron chi connectivity index (χ4n) is 2.37. The number of hydrogen-bond donors (Lipinski definition) is 2. The Labute approximate surface area is 91.2 Å². The van der Waals surface area contributed by atoms with Gasteiger partial charge in [0.25, 0.3) is 0 Å². The van der Waals surface area contributed by atoms with Crippen LogP contribution in [0, 0.1) is 0 Å². The number of nitrogens with zero attached hydrogens (tertiary/aromatic N) is 1. The number of hydrogen-bond acceptors (Lipinski definition) is 2. The van der Waals surface area contributed by atoms with Crippen molar-refractivity contribution < 1.29 is 13.2 Å². The lowest BCUT2D eigenvalue weighted by atomic mass is 9.99. The Hall–Kier alpha value is -1.04. The van der Waals surface area contributed by atoms with Gasteiger partial charge in [-0.05, 0) is 12.8 Å². The van der Waals surface area contributed by atoms with Crippen molar-refractivity contribution in [2.45, 2.75) is 44.3 Å². The summed E-state index contributed by atoms with van der Waals surface area (Å²) in [4.78, 5) is 0. The van der Waals surface area contributed by atoms with Gasteiger partial charge in [0.05, 0.1) is 0 Å². The monoisotopic (exact) mass is 233 g/mol. The highest BCUT2D eigenvalue weighted by atomic mass is 19.4. The van der Waals surface area contributed by atoms with Crippen LogP contribution in [0.1, 0.15) is 48.6 Å². The zero-order valence-electron chi connectivity index (χ0n) is 8.77. The SMILES string of the molecule is NCc1c(C(F)(F)F)n[nH]c1C1CCCC1. The first kappa shape index (κ1) is 11.4. The molecule has 16 heavy (non-hydrogen) atoms. The smallest absolute Gasteiger partial charge is 0.326 e. The predicted octanol–water partition coefficient (Wildman–Crippen LogP) is 2.54. The summed E-state index contributed by atoms with van der Waals surface area (Å²) in [6.45, 7) is -0.114. The molecule has 2 rings (SSSR count). The standard InChI is InChI=1S/C10H14F3N3/c11-10(12,13)9-7(5-14)8(15-16-9)6-3-1-2-4-6/h6H,1-5,14H2,(H,15,16). The maximum atomic E-state index is 12.6. The molecule has 0 atom stereocenters. The number of nitrogens with two attached hydrogens (primary N) is 1. The fourth-order valence-corrected chi connectivity index (χ4v) is 2.37. The van der Waals surface area contributed by atoms with Gasteiger partial charge >= 0.3 is 6.18 Å². The van der Waals surface area contributed by atoms with Crippen molar-refractivity contribution in [3.63, 3.8) is 0 Å². The van der Waals surface area contributed by atoms with Crippen molar-refractivity contribution in [2.24, 2.45) is 5.73 Å². The van der Waals surface area contributed by atoms with E-state index in [0.717, 1.165) is 25.7 Å². The summed E-state index contributed by atoms with van der Waals surface area (Å²) in [5, 5.41) is 5.90. The van der Waals surface area contributed by atoms with E-state index in [4.69, 9.17) is 5.73 Å². The first-order valence-electron chi connectivity index (χ1n) is 5.38. The number of H-pyrrole nitrogens is 1. The van der Waals surface area contributed by atoms with E-state index in [1.54, 1.807) is 0 Å². The van der Waals surface area contributed by atoms with E-state index in [0.29, 0.717) is 5.69 Å². The highest BCUT2D eigenvalue weighted by molar-refractivity contribution is 5.30. The topological polar surface area (TPSA) is 54.7 Å². The molecule has 1 aromatic rings. The average Bonchev–Trinajstić information content (AvgIpc) is 2.84. The van der Waals surface area contributed by atoms with Gasteiger partial charge in [-0.3, -0.25) is 5.10 Å². The van der Waals surface area contributed by atoms with Crippen molar-refractivity contribution in [3.8, 4) is 0 Å². The second kappa shape index (κ2) is 4.08. The Bertz CT molecular complexity index is 364. The van der Waals surface area contributed by atoms with E-state index in [-0.39, 0.29) is 18.0 Å². The third kappa shape index (κ3) is 1.93. The van der Waals surface area contributed by atoms with Gasteiger partial charge in [0.2, 0.25) is 0 Å². The lowest BCUT2D eigenvalue weighted by Crippen LogP contribution is -2.12. The van der Waals surface area contributed by atoms with Gasteiger partial charge in [0.1, 0.15) is 0 Å². The van der Waals surface area contributed by atoms with Gasteiger partial charge in [-0.15, -0.1) is 0 Å². The number of nitrogens with one attached hydrogen (secondary N) is 1. The molecule has 90 valence electrons. The first-order chi connectivity index (χ1) is 7.54. The molecule has 1 aliphatic rings. The summed E-state index contributed by atoms with van der Waals surface area (Å²) in [7, 11) is 0. The van der Waals surface area contributed by atoms with E-state index in [9.17, 15) is 13.2 Å². The summed E-state index contributed by atoms with van der Waals surface area (Å²) in [6.07, 6.45) is -0.439. The molecule has 0 spiro atoms. The van der Waals surface area contributed by atoms with Gasteiger partial charge in [-0.25, -0.2) is 0 Å². The van der Waals surface area contributed by atoms with Crippen LogP contribution >= 0.6 is 0 Å². The van der Waals surface area contributed by atoms with E-state index in [1.165, 1.54) is 0 Å². The number of aromatic nitrogens is 2. The number of rotatable bonds is 2. The molecule has 0 bridgehead atoms. The molecule has 1 heterocycles. The lowest BCUT2D eigenvalue weighted by Gasteiger charge is -2.10. The second-order valence-electron chi connectivity index (χ2n) is 4.15. The fraction of sp³-hybridized carbons (Fsp3) is 0.700. The quantitative estimate of drug-likeness (QED) is 0.824. The van der Waals surface area contributed by atoms with Crippen LogP contribution in [0.5, 0.6) is 0 Å². The van der Waals surface area contributed by atoms with Gasteiger partial charge < -0.3 is 5.73 Å². The maximum Gasteiger partial charge on any atom is 0.435 e. The number of halogens is 3. The molecule has 0 aliphatic heterocycles. The van der Waals surface area contributed by atoms with E-state index < -0.39 is 11.9 Å². The van der Waals surface area contributed by atoms with Crippen LogP contribution in [-0.4, -0.2) is 10.2 Å². The van der Waals surface area contributed by atoms with Crippen LogP contribution in [0.2, 0.25) is 0 Å². The van der Waals surface area contributed by atoms with Crippen molar-refractivity contribution >= 4 is 0 Å². The molecular formula is C10H14F3N3. The zero-order chi connectivity index (χ0) is 11.8. The van der Waals surface area contributed by atoms with E-state index in [1.807, 2.05) is 0 Å². The largest absolute Gasteiger partial charge is 0.435 e. The third-order valence-corrected chi connectivity index (χ3v) is 3.14. The summed E-state index contributed by atoms with van der Waals surface area (Å²) >= 11 is 0. The van der Waals surface area contributed by atoms with Crippen LogP contribution in [-0.2, 0) is 12.7 Å². The minimum atomic E-state index is -4.41. The summed E-state index contributed by atoms with van der Waals surface area (Å²) in [5.74, 6) is 0.169. The summed E-state index contributed by atoms with van der Waals surface area (Å²) < 4.78 is 37.8. The number of alkyl halides is 3. The molecular weight excluding hydrogens is 219 g/mol. The number of aromatic amines is 1. The maximum absolute atomic E-state index is 12.6. The van der Waals surface area contributed by atoms with Crippen LogP contribution in [0.15, 0.2) is 0 Å². The molecule has 0 saturated heterocycles. The molecule has 0 aromatic carbocycles. The van der Waals surface area contributed by atoms with Crippen LogP contribution < -0.4 is 5.73 Å². The average molecular weight is 233 g/mol. The summed E-state index contributed by atoms with van der Waals surface area (Å²) in [5.41, 5.74) is 5.28. The Balaban J connectivity index is 2.36. The Morgan fingerprint density at radius 1 is 1.31 bits per heavy atom. The molecule has 6 heteroatoms. The molecule has 1 aromatic heterocycles. The summed E-state index contributed by atoms with van der Waals surface area (Å²) in [6, 6.07) is 0. The van der Waals surface area contributed by atoms with Gasteiger partial charge in [-0.2, -0.15) is 18.3 Å². The molecule has 1 fully saturated rings. The van der Waals surface area contributed by atoms with Crippen molar-refractivity contribution in [2.75, 3.05) is 0 Å². The van der Waals surface area contributed by atoms with Crippen molar-refractivity contribution in [1.29, 1.82) is 0 Å². The van der Waals surface area contributed by atoms with Gasteiger partial charge in [0.15, 0.2) is 5.69 Å². The van der Waals surface area contributed by atoms with Gasteiger partial charge in [-0.1, -0.05) is 12.8 Å². The second-order valence-corrected chi connectivity index (χ2v) is 4.15. The molecule has 1 saturated carbocycles.